The zero-order valence-corrected chi connectivity index (χ0v) is 51.0. The van der Waals surface area contributed by atoms with Gasteiger partial charge in [-0.3, -0.25) is 14.4 Å². The molecule has 0 heterocycles. The highest BCUT2D eigenvalue weighted by Gasteiger charge is 2.19. The van der Waals surface area contributed by atoms with Gasteiger partial charge in [0.2, 0.25) is 0 Å². The van der Waals surface area contributed by atoms with Crippen LogP contribution in [-0.4, -0.2) is 37.2 Å². The van der Waals surface area contributed by atoms with Gasteiger partial charge in [0.15, 0.2) is 6.10 Å². The summed E-state index contributed by atoms with van der Waals surface area (Å²) in [7, 11) is 0. The summed E-state index contributed by atoms with van der Waals surface area (Å²) in [6, 6.07) is 0. The summed E-state index contributed by atoms with van der Waals surface area (Å²) >= 11 is 0. The van der Waals surface area contributed by atoms with Crippen LogP contribution < -0.4 is 0 Å². The van der Waals surface area contributed by atoms with Gasteiger partial charge in [-0.15, -0.1) is 0 Å². The Hall–Kier alpha value is -2.63. The van der Waals surface area contributed by atoms with Gasteiger partial charge in [-0.25, -0.2) is 0 Å². The van der Waals surface area contributed by atoms with Gasteiger partial charge in [0.1, 0.15) is 13.2 Å². The number of carbonyl (C=O) groups excluding carboxylic acids is 3. The fraction of sp³-hybridized carbons (Fsp3) is 0.843. The van der Waals surface area contributed by atoms with Crippen molar-refractivity contribution in [1.82, 2.24) is 0 Å². The average molecular weight is 1070 g/mol. The molecule has 6 heteroatoms. The Morgan fingerprint density at radius 3 is 0.789 bits per heavy atom. The number of hydrogen-bond donors (Lipinski definition) is 0. The molecule has 444 valence electrons. The highest BCUT2D eigenvalue weighted by molar-refractivity contribution is 5.71. The first-order valence-electron chi connectivity index (χ1n) is 33.6. The number of ether oxygens (including phenoxy) is 3. The van der Waals surface area contributed by atoms with E-state index in [9.17, 15) is 14.4 Å². The van der Waals surface area contributed by atoms with Crippen LogP contribution in [-0.2, 0) is 28.6 Å². The third-order valence-electron chi connectivity index (χ3n) is 15.0. The van der Waals surface area contributed by atoms with Crippen LogP contribution >= 0.6 is 0 Å². The number of unbranched alkanes of at least 4 members (excludes halogenated alkanes) is 43. The minimum absolute atomic E-state index is 0.0778. The zero-order valence-electron chi connectivity index (χ0n) is 51.0. The second kappa shape index (κ2) is 64.9. The van der Waals surface area contributed by atoms with E-state index < -0.39 is 6.10 Å². The topological polar surface area (TPSA) is 78.9 Å². The van der Waals surface area contributed by atoms with Gasteiger partial charge < -0.3 is 14.2 Å². The van der Waals surface area contributed by atoms with Crippen LogP contribution in [0.2, 0.25) is 0 Å². The molecule has 0 saturated carbocycles. The molecule has 0 aliphatic rings. The van der Waals surface area contributed by atoms with Gasteiger partial charge >= 0.3 is 17.9 Å². The number of carbonyl (C=O) groups is 3. The van der Waals surface area contributed by atoms with E-state index in [-0.39, 0.29) is 31.1 Å². The molecule has 0 amide bonds. The molecule has 0 aromatic carbocycles. The van der Waals surface area contributed by atoms with Crippen LogP contribution in [0.4, 0.5) is 0 Å². The van der Waals surface area contributed by atoms with E-state index in [4.69, 9.17) is 14.2 Å². The molecule has 6 nitrogen and oxygen atoms in total. The third-order valence-corrected chi connectivity index (χ3v) is 15.0. The van der Waals surface area contributed by atoms with Crippen LogP contribution in [0, 0.1) is 0 Å². The predicted octanol–water partition coefficient (Wildman–Crippen LogP) is 22.9. The zero-order chi connectivity index (χ0) is 55.0. The van der Waals surface area contributed by atoms with Gasteiger partial charge in [-0.2, -0.15) is 0 Å². The maximum Gasteiger partial charge on any atom is 0.306 e. The van der Waals surface area contributed by atoms with Gasteiger partial charge in [-0.1, -0.05) is 294 Å². The van der Waals surface area contributed by atoms with Crippen LogP contribution in [0.25, 0.3) is 0 Å². The Kier molecular flexibility index (Phi) is 62.6. The molecular weight excluding hydrogens is 937 g/mol. The maximum atomic E-state index is 12.9. The third kappa shape index (κ3) is 62.2. The standard InChI is InChI=1S/C70H128O6/c1-4-7-10-13-16-19-22-25-27-29-30-31-32-33-34-35-36-37-38-39-40-41-43-45-48-51-54-57-60-63-69(72)75-66-67(65-74-68(71)62-59-56-53-50-47-44-24-21-18-15-12-9-6-3)76-70(73)64-61-58-55-52-49-46-42-28-26-23-20-17-14-11-8-5-2/h12,15,21,24,28-30,42,67H,4-11,13-14,16-20,22-23,25-27,31-41,43-66H2,1-3H3/b15-12-,24-21-,30-29-,42-28-. The second-order valence-corrected chi connectivity index (χ2v) is 22.7. The van der Waals surface area contributed by atoms with Gasteiger partial charge in [0.25, 0.3) is 0 Å². The van der Waals surface area contributed by atoms with Gasteiger partial charge in [-0.05, 0) is 96.3 Å². The number of rotatable bonds is 62. The van der Waals surface area contributed by atoms with Crippen molar-refractivity contribution in [2.75, 3.05) is 13.2 Å². The summed E-state index contributed by atoms with van der Waals surface area (Å²) in [6.07, 6.45) is 81.4. The molecule has 0 spiro atoms. The van der Waals surface area contributed by atoms with Crippen molar-refractivity contribution in [3.63, 3.8) is 0 Å². The van der Waals surface area contributed by atoms with Crippen LogP contribution in [0.5, 0.6) is 0 Å². The quantitative estimate of drug-likeness (QED) is 0.0261. The van der Waals surface area contributed by atoms with Crippen molar-refractivity contribution in [2.24, 2.45) is 0 Å². The lowest BCUT2D eigenvalue weighted by atomic mass is 10.0. The van der Waals surface area contributed by atoms with Crippen molar-refractivity contribution in [3.8, 4) is 0 Å². The highest BCUT2D eigenvalue weighted by atomic mass is 16.6. The molecule has 0 N–H and O–H groups in total. The molecule has 1 atom stereocenters. The Labute approximate surface area is 473 Å². The van der Waals surface area contributed by atoms with E-state index in [2.05, 4.69) is 69.4 Å². The first-order valence-corrected chi connectivity index (χ1v) is 33.6. The fourth-order valence-corrected chi connectivity index (χ4v) is 9.94. The molecule has 0 aromatic heterocycles. The maximum absolute atomic E-state index is 12.9. The summed E-state index contributed by atoms with van der Waals surface area (Å²) in [5.41, 5.74) is 0. The molecule has 0 radical (unpaired) electrons. The first kappa shape index (κ1) is 73.4. The molecule has 0 aromatic rings. The Morgan fingerprint density at radius 2 is 0.500 bits per heavy atom. The number of allylic oxidation sites excluding steroid dienone is 8. The summed E-state index contributed by atoms with van der Waals surface area (Å²) < 4.78 is 16.9. The van der Waals surface area contributed by atoms with E-state index >= 15 is 0 Å². The van der Waals surface area contributed by atoms with Crippen LogP contribution in [0.1, 0.15) is 361 Å². The predicted molar refractivity (Wildman–Crippen MR) is 330 cm³/mol. The average Bonchev–Trinajstić information content (AvgIpc) is 3.42. The van der Waals surface area contributed by atoms with Gasteiger partial charge in [0, 0.05) is 19.3 Å². The Bertz CT molecular complexity index is 1310. The first-order chi connectivity index (χ1) is 37.5. The monoisotopic (exact) mass is 1060 g/mol. The smallest absolute Gasteiger partial charge is 0.306 e. The summed E-state index contributed by atoms with van der Waals surface area (Å²) in [6.45, 7) is 6.60. The second-order valence-electron chi connectivity index (χ2n) is 22.7. The lowest BCUT2D eigenvalue weighted by Gasteiger charge is -2.18. The SMILES string of the molecule is CCC/C=C\C/C=C\CCCCCCCC(=O)OCC(COC(=O)CCCCCCCCCCCCCCCCCCC/C=C\CCCCCCCCCC)OC(=O)CCCCCCC/C=C\CCCCCCCCC. The fourth-order valence-electron chi connectivity index (χ4n) is 9.94. The minimum atomic E-state index is -0.782. The molecule has 0 aliphatic heterocycles. The van der Waals surface area contributed by atoms with Crippen molar-refractivity contribution in [1.29, 1.82) is 0 Å². The summed E-state index contributed by atoms with van der Waals surface area (Å²) in [4.78, 5) is 38.3. The molecule has 0 fully saturated rings. The Morgan fingerprint density at radius 1 is 0.263 bits per heavy atom. The molecule has 1 unspecified atom stereocenters. The van der Waals surface area contributed by atoms with Crippen molar-refractivity contribution >= 4 is 17.9 Å². The molecule has 0 rings (SSSR count). The normalized spacial score (nSPS) is 12.3. The number of esters is 3. The minimum Gasteiger partial charge on any atom is -0.462 e. The molecule has 0 aliphatic carbocycles. The van der Waals surface area contributed by atoms with Crippen LogP contribution in [0.3, 0.4) is 0 Å². The van der Waals surface area contributed by atoms with Crippen LogP contribution in [0.15, 0.2) is 48.6 Å². The van der Waals surface area contributed by atoms with Crippen molar-refractivity contribution < 1.29 is 28.6 Å². The van der Waals surface area contributed by atoms with E-state index in [0.29, 0.717) is 19.3 Å². The molecule has 0 saturated heterocycles. The van der Waals surface area contributed by atoms with E-state index in [1.54, 1.807) is 0 Å². The lowest BCUT2D eigenvalue weighted by Crippen LogP contribution is -2.30. The van der Waals surface area contributed by atoms with E-state index in [0.717, 1.165) is 89.9 Å². The van der Waals surface area contributed by atoms with Crippen molar-refractivity contribution in [2.45, 2.75) is 367 Å². The molecule has 76 heavy (non-hydrogen) atoms. The lowest BCUT2D eigenvalue weighted by molar-refractivity contribution is -0.167. The highest BCUT2D eigenvalue weighted by Crippen LogP contribution is 2.17. The van der Waals surface area contributed by atoms with Crippen molar-refractivity contribution in [3.05, 3.63) is 48.6 Å². The summed E-state index contributed by atoms with van der Waals surface area (Å²) in [5.74, 6) is -0.881. The largest absolute Gasteiger partial charge is 0.462 e. The summed E-state index contributed by atoms with van der Waals surface area (Å²) in [5, 5.41) is 0. The molecule has 0 bridgehead atoms. The van der Waals surface area contributed by atoms with E-state index in [1.165, 1.54) is 231 Å². The molecular formula is C70H128O6. The van der Waals surface area contributed by atoms with E-state index in [1.807, 2.05) is 0 Å². The van der Waals surface area contributed by atoms with Gasteiger partial charge in [0.05, 0.1) is 0 Å². The Balaban J connectivity index is 4.18. The number of hydrogen-bond acceptors (Lipinski definition) is 6.